The lowest BCUT2D eigenvalue weighted by atomic mass is 10.1. The first-order valence-electron chi connectivity index (χ1n) is 8.19. The van der Waals surface area contributed by atoms with Crippen molar-refractivity contribution < 1.29 is 23.9 Å². The summed E-state index contributed by atoms with van der Waals surface area (Å²) < 4.78 is 5.16. The molecule has 0 aliphatic carbocycles. The van der Waals surface area contributed by atoms with E-state index in [0.29, 0.717) is 0 Å². The highest BCUT2D eigenvalue weighted by molar-refractivity contribution is 6.22. The Kier molecular flexibility index (Phi) is 5.30. The molecule has 0 spiro atoms. The average Bonchev–Trinajstić information content (AvgIpc) is 2.78. The van der Waals surface area contributed by atoms with E-state index in [1.54, 1.807) is 0 Å². The van der Waals surface area contributed by atoms with Crippen LogP contribution >= 0.6 is 0 Å². The van der Waals surface area contributed by atoms with Gasteiger partial charge in [-0.3, -0.25) is 19.3 Å². The lowest BCUT2D eigenvalue weighted by Crippen LogP contribution is -2.46. The minimum Gasteiger partial charge on any atom is -0.449 e. The quantitative estimate of drug-likeness (QED) is 0.493. The van der Waals surface area contributed by atoms with Crippen LogP contribution in [-0.2, 0) is 9.53 Å². The number of carbonyl (C=O) groups excluding carboxylic acids is 4. The van der Waals surface area contributed by atoms with E-state index >= 15 is 0 Å². The van der Waals surface area contributed by atoms with Gasteiger partial charge in [0.25, 0.3) is 17.7 Å². The number of amides is 3. The van der Waals surface area contributed by atoms with Gasteiger partial charge < -0.3 is 10.1 Å². The molecule has 1 heterocycles. The van der Waals surface area contributed by atoms with Gasteiger partial charge in [0.2, 0.25) is 0 Å². The van der Waals surface area contributed by atoms with Gasteiger partial charge in [0, 0.05) is 12.1 Å². The summed E-state index contributed by atoms with van der Waals surface area (Å²) in [6.45, 7) is 10.5. The lowest BCUT2D eigenvalue weighted by molar-refractivity contribution is -0.130. The van der Waals surface area contributed by atoms with E-state index in [-0.39, 0.29) is 23.2 Å². The van der Waals surface area contributed by atoms with E-state index in [1.165, 1.54) is 31.2 Å². The van der Waals surface area contributed by atoms with Crippen LogP contribution in [0.3, 0.4) is 0 Å². The molecule has 1 aromatic rings. The van der Waals surface area contributed by atoms with Gasteiger partial charge in [-0.2, -0.15) is 0 Å². The molecule has 1 N–H and O–H groups in total. The third-order valence-electron chi connectivity index (χ3n) is 3.67. The maximum absolute atomic E-state index is 12.3. The van der Waals surface area contributed by atoms with Crippen LogP contribution in [0, 0.1) is 0 Å². The van der Waals surface area contributed by atoms with Crippen molar-refractivity contribution in [1.82, 2.24) is 10.2 Å². The summed E-state index contributed by atoms with van der Waals surface area (Å²) in [4.78, 5) is 49.8. The molecule has 0 saturated heterocycles. The second-order valence-corrected chi connectivity index (χ2v) is 7.06. The van der Waals surface area contributed by atoms with Gasteiger partial charge in [-0.05, 0) is 45.9 Å². The predicted octanol–water partition coefficient (Wildman–Crippen LogP) is 1.93. The second-order valence-electron chi connectivity index (χ2n) is 7.06. The minimum absolute atomic E-state index is 0.0934. The summed E-state index contributed by atoms with van der Waals surface area (Å²) in [5, 5.41) is 2.72. The molecule has 7 heteroatoms. The number of rotatable bonds is 5. The SMILES string of the molecule is C=CCN1C(=O)c2ccc(C(=O)O[C@H](C)C(=O)NC(C)(C)C)cc2C1=O. The Morgan fingerprint density at radius 3 is 2.42 bits per heavy atom. The summed E-state index contributed by atoms with van der Waals surface area (Å²) in [7, 11) is 0. The van der Waals surface area contributed by atoms with Gasteiger partial charge in [-0.1, -0.05) is 6.08 Å². The average molecular weight is 358 g/mol. The van der Waals surface area contributed by atoms with E-state index in [1.807, 2.05) is 20.8 Å². The number of benzene rings is 1. The largest absolute Gasteiger partial charge is 0.449 e. The van der Waals surface area contributed by atoms with E-state index < -0.39 is 35.3 Å². The predicted molar refractivity (Wildman–Crippen MR) is 94.8 cm³/mol. The van der Waals surface area contributed by atoms with Gasteiger partial charge in [0.1, 0.15) is 0 Å². The van der Waals surface area contributed by atoms with Crippen LogP contribution in [0.5, 0.6) is 0 Å². The molecule has 26 heavy (non-hydrogen) atoms. The molecule has 138 valence electrons. The summed E-state index contributed by atoms with van der Waals surface area (Å²) in [5.74, 6) is -2.08. The van der Waals surface area contributed by atoms with Crippen LogP contribution in [0.1, 0.15) is 58.8 Å². The number of carbonyl (C=O) groups is 4. The first kappa shape index (κ1) is 19.4. The third-order valence-corrected chi connectivity index (χ3v) is 3.67. The Balaban J connectivity index is 2.15. The molecule has 0 unspecified atom stereocenters. The lowest BCUT2D eigenvalue weighted by Gasteiger charge is -2.23. The minimum atomic E-state index is -0.996. The van der Waals surface area contributed by atoms with Crippen LogP contribution in [0.25, 0.3) is 0 Å². The molecule has 2 rings (SSSR count). The number of hydrogen-bond acceptors (Lipinski definition) is 5. The third kappa shape index (κ3) is 3.99. The Morgan fingerprint density at radius 2 is 1.85 bits per heavy atom. The van der Waals surface area contributed by atoms with Crippen LogP contribution in [0.4, 0.5) is 0 Å². The zero-order chi connectivity index (χ0) is 19.6. The maximum Gasteiger partial charge on any atom is 0.338 e. The van der Waals surface area contributed by atoms with Crippen LogP contribution in [0.15, 0.2) is 30.9 Å². The molecule has 1 aliphatic rings. The summed E-state index contributed by atoms with van der Waals surface area (Å²) in [5.41, 5.74) is 0.0120. The van der Waals surface area contributed by atoms with Crippen LogP contribution in [-0.4, -0.2) is 46.8 Å². The smallest absolute Gasteiger partial charge is 0.338 e. The molecule has 0 bridgehead atoms. The topological polar surface area (TPSA) is 92.8 Å². The van der Waals surface area contributed by atoms with Crippen molar-refractivity contribution in [1.29, 1.82) is 0 Å². The molecule has 1 aromatic carbocycles. The standard InChI is InChI=1S/C19H22N2O5/c1-6-9-21-16(23)13-8-7-12(10-14(13)17(21)24)18(25)26-11(2)15(22)20-19(3,4)5/h6-8,10-11H,1,9H2,2-5H3,(H,20,22)/t11-/m1/s1. The number of hydrogen-bond donors (Lipinski definition) is 1. The highest BCUT2D eigenvalue weighted by Gasteiger charge is 2.35. The zero-order valence-electron chi connectivity index (χ0n) is 15.3. The van der Waals surface area contributed by atoms with Crippen molar-refractivity contribution in [2.24, 2.45) is 0 Å². The van der Waals surface area contributed by atoms with Crippen LogP contribution in [0.2, 0.25) is 0 Å². The van der Waals surface area contributed by atoms with Crippen molar-refractivity contribution >= 4 is 23.7 Å². The van der Waals surface area contributed by atoms with Gasteiger partial charge >= 0.3 is 5.97 Å². The first-order chi connectivity index (χ1) is 12.0. The van der Waals surface area contributed by atoms with E-state index in [4.69, 9.17) is 4.74 Å². The van der Waals surface area contributed by atoms with Crippen molar-refractivity contribution in [2.45, 2.75) is 39.3 Å². The van der Waals surface area contributed by atoms with E-state index in [9.17, 15) is 19.2 Å². The van der Waals surface area contributed by atoms with Crippen molar-refractivity contribution in [3.05, 3.63) is 47.5 Å². The summed E-state index contributed by atoms with van der Waals surface area (Å²) >= 11 is 0. The molecule has 0 radical (unpaired) electrons. The Hall–Kier alpha value is -2.96. The fraction of sp³-hybridized carbons (Fsp3) is 0.368. The maximum atomic E-state index is 12.3. The highest BCUT2D eigenvalue weighted by Crippen LogP contribution is 2.24. The summed E-state index contributed by atoms with van der Waals surface area (Å²) in [6, 6.07) is 4.13. The van der Waals surface area contributed by atoms with Crippen LogP contribution < -0.4 is 5.32 Å². The summed E-state index contributed by atoms with van der Waals surface area (Å²) in [6.07, 6.45) is 0.455. The molecular formula is C19H22N2O5. The molecule has 3 amide bonds. The van der Waals surface area contributed by atoms with E-state index in [2.05, 4.69) is 11.9 Å². The monoisotopic (exact) mass is 358 g/mol. The number of esters is 1. The Morgan fingerprint density at radius 1 is 1.23 bits per heavy atom. The molecule has 1 atom stereocenters. The van der Waals surface area contributed by atoms with Gasteiger partial charge in [0.15, 0.2) is 6.10 Å². The number of ether oxygens (including phenoxy) is 1. The van der Waals surface area contributed by atoms with Gasteiger partial charge in [-0.25, -0.2) is 4.79 Å². The second kappa shape index (κ2) is 7.11. The fourth-order valence-corrected chi connectivity index (χ4v) is 2.47. The Labute approximate surface area is 152 Å². The Bertz CT molecular complexity index is 792. The number of imide groups is 1. The molecular weight excluding hydrogens is 336 g/mol. The van der Waals surface area contributed by atoms with Gasteiger partial charge in [-0.15, -0.1) is 6.58 Å². The van der Waals surface area contributed by atoms with Gasteiger partial charge in [0.05, 0.1) is 16.7 Å². The zero-order valence-corrected chi connectivity index (χ0v) is 15.3. The highest BCUT2D eigenvalue weighted by atomic mass is 16.5. The number of nitrogens with one attached hydrogen (secondary N) is 1. The fourth-order valence-electron chi connectivity index (χ4n) is 2.47. The van der Waals surface area contributed by atoms with Crippen molar-refractivity contribution in [3.8, 4) is 0 Å². The molecule has 0 fully saturated rings. The van der Waals surface area contributed by atoms with E-state index in [0.717, 1.165) is 4.90 Å². The normalized spacial score (nSPS) is 14.7. The molecule has 0 saturated carbocycles. The first-order valence-corrected chi connectivity index (χ1v) is 8.19. The number of fused-ring (bicyclic) bond motifs is 1. The molecule has 0 aromatic heterocycles. The molecule has 7 nitrogen and oxygen atoms in total. The molecule has 1 aliphatic heterocycles. The number of nitrogens with zero attached hydrogens (tertiary/aromatic N) is 1. The van der Waals surface area contributed by atoms with Crippen molar-refractivity contribution in [2.75, 3.05) is 6.54 Å². The van der Waals surface area contributed by atoms with Crippen molar-refractivity contribution in [3.63, 3.8) is 0 Å².